The van der Waals surface area contributed by atoms with E-state index in [0.29, 0.717) is 19.0 Å². The molecule has 0 aromatic carbocycles. The van der Waals surface area contributed by atoms with Gasteiger partial charge < -0.3 is 20.4 Å². The van der Waals surface area contributed by atoms with Gasteiger partial charge in [-0.1, -0.05) is 13.3 Å². The molecule has 1 aliphatic rings. The standard InChI is InChI=1S/C12H22N2O4/c1-3-9-5-4-6-14(7-9)12(18)13-10(8(2)15)11(16)17/h8-10,15H,3-7H2,1-2H3,(H,13,18)(H,16,17)/t8-,9?,10+/m1/s1. The topological polar surface area (TPSA) is 89.9 Å². The number of rotatable bonds is 4. The Bertz CT molecular complexity index is 306. The summed E-state index contributed by atoms with van der Waals surface area (Å²) in [6, 6.07) is -1.65. The van der Waals surface area contributed by atoms with Gasteiger partial charge in [-0.25, -0.2) is 9.59 Å². The van der Waals surface area contributed by atoms with E-state index in [2.05, 4.69) is 12.2 Å². The van der Waals surface area contributed by atoms with Gasteiger partial charge in [0.2, 0.25) is 0 Å². The smallest absolute Gasteiger partial charge is 0.328 e. The summed E-state index contributed by atoms with van der Waals surface area (Å²) in [6.45, 7) is 4.75. The van der Waals surface area contributed by atoms with Crippen molar-refractivity contribution in [2.24, 2.45) is 5.92 Å². The Morgan fingerprint density at radius 3 is 2.67 bits per heavy atom. The van der Waals surface area contributed by atoms with Crippen molar-refractivity contribution in [1.82, 2.24) is 10.2 Å². The molecular weight excluding hydrogens is 236 g/mol. The number of hydrogen-bond acceptors (Lipinski definition) is 3. The number of aliphatic carboxylic acids is 1. The van der Waals surface area contributed by atoms with Crippen molar-refractivity contribution in [2.75, 3.05) is 13.1 Å². The number of piperidine rings is 1. The Morgan fingerprint density at radius 1 is 1.50 bits per heavy atom. The van der Waals surface area contributed by atoms with Crippen LogP contribution in [0.3, 0.4) is 0 Å². The molecule has 0 aliphatic carbocycles. The molecule has 0 spiro atoms. The van der Waals surface area contributed by atoms with Crippen molar-refractivity contribution in [3.63, 3.8) is 0 Å². The van der Waals surface area contributed by atoms with E-state index in [9.17, 15) is 14.7 Å². The summed E-state index contributed by atoms with van der Waals surface area (Å²) in [5.41, 5.74) is 0. The van der Waals surface area contributed by atoms with Crippen LogP contribution in [0, 0.1) is 5.92 Å². The van der Waals surface area contributed by atoms with Crippen LogP contribution >= 0.6 is 0 Å². The number of aliphatic hydroxyl groups excluding tert-OH is 1. The summed E-state index contributed by atoms with van der Waals surface area (Å²) >= 11 is 0. The van der Waals surface area contributed by atoms with Crippen molar-refractivity contribution >= 4 is 12.0 Å². The maximum Gasteiger partial charge on any atom is 0.328 e. The molecule has 3 atom stereocenters. The number of carboxylic acid groups (broad SMARTS) is 1. The lowest BCUT2D eigenvalue weighted by molar-refractivity contribution is -0.141. The van der Waals surface area contributed by atoms with Crippen LogP contribution in [-0.4, -0.2) is 52.3 Å². The van der Waals surface area contributed by atoms with E-state index >= 15 is 0 Å². The van der Waals surface area contributed by atoms with Crippen LogP contribution in [0.4, 0.5) is 4.79 Å². The molecule has 104 valence electrons. The minimum atomic E-state index is -1.25. The minimum Gasteiger partial charge on any atom is -0.480 e. The average molecular weight is 258 g/mol. The zero-order chi connectivity index (χ0) is 13.7. The van der Waals surface area contributed by atoms with E-state index in [0.717, 1.165) is 19.3 Å². The van der Waals surface area contributed by atoms with Crippen molar-refractivity contribution in [3.05, 3.63) is 0 Å². The van der Waals surface area contributed by atoms with Crippen LogP contribution in [0.1, 0.15) is 33.1 Å². The second-order valence-electron chi connectivity index (χ2n) is 4.87. The van der Waals surface area contributed by atoms with E-state index in [4.69, 9.17) is 5.11 Å². The summed E-state index contributed by atoms with van der Waals surface area (Å²) < 4.78 is 0. The molecule has 2 amide bonds. The second kappa shape index (κ2) is 6.58. The number of carbonyl (C=O) groups is 2. The number of carboxylic acids is 1. The van der Waals surface area contributed by atoms with Crippen LogP contribution in [0.2, 0.25) is 0 Å². The van der Waals surface area contributed by atoms with Crippen LogP contribution in [0.25, 0.3) is 0 Å². The Hall–Kier alpha value is -1.30. The molecule has 0 aromatic rings. The first-order valence-corrected chi connectivity index (χ1v) is 6.42. The van der Waals surface area contributed by atoms with Crippen molar-refractivity contribution in [2.45, 2.75) is 45.3 Å². The highest BCUT2D eigenvalue weighted by Crippen LogP contribution is 2.19. The summed E-state index contributed by atoms with van der Waals surface area (Å²) in [6.07, 6.45) is 1.96. The predicted molar refractivity (Wildman–Crippen MR) is 66.2 cm³/mol. The highest BCUT2D eigenvalue weighted by Gasteiger charge is 2.29. The normalized spacial score (nSPS) is 23.3. The number of amides is 2. The average Bonchev–Trinajstić information content (AvgIpc) is 2.34. The molecule has 1 fully saturated rings. The SMILES string of the molecule is CCC1CCCN(C(=O)N[C@H](C(=O)O)[C@@H](C)O)C1. The van der Waals surface area contributed by atoms with Gasteiger partial charge in [0.1, 0.15) is 0 Å². The number of hydrogen-bond donors (Lipinski definition) is 3. The number of likely N-dealkylation sites (tertiary alicyclic amines) is 1. The molecule has 0 saturated carbocycles. The van der Waals surface area contributed by atoms with Gasteiger partial charge in [-0.05, 0) is 25.7 Å². The predicted octanol–water partition coefficient (Wildman–Crippen LogP) is 0.652. The maximum absolute atomic E-state index is 11.9. The molecule has 0 bridgehead atoms. The summed E-state index contributed by atoms with van der Waals surface area (Å²) in [7, 11) is 0. The lowest BCUT2D eigenvalue weighted by Crippen LogP contribution is -2.54. The Morgan fingerprint density at radius 2 is 2.17 bits per heavy atom. The molecule has 0 aromatic heterocycles. The van der Waals surface area contributed by atoms with E-state index in [-0.39, 0.29) is 0 Å². The third-order valence-electron chi connectivity index (χ3n) is 3.41. The van der Waals surface area contributed by atoms with Crippen molar-refractivity contribution in [1.29, 1.82) is 0 Å². The molecule has 0 radical (unpaired) electrons. The highest BCUT2D eigenvalue weighted by atomic mass is 16.4. The molecule has 1 saturated heterocycles. The maximum atomic E-state index is 11.9. The first-order chi connectivity index (χ1) is 8.45. The van der Waals surface area contributed by atoms with Gasteiger partial charge >= 0.3 is 12.0 Å². The molecule has 3 N–H and O–H groups in total. The van der Waals surface area contributed by atoms with Crippen molar-refractivity contribution in [3.8, 4) is 0 Å². The van der Waals surface area contributed by atoms with Gasteiger partial charge in [-0.15, -0.1) is 0 Å². The molecule has 18 heavy (non-hydrogen) atoms. The quantitative estimate of drug-likeness (QED) is 0.690. The minimum absolute atomic E-state index is 0.401. The molecular formula is C12H22N2O4. The fourth-order valence-electron chi connectivity index (χ4n) is 2.20. The Kier molecular flexibility index (Phi) is 5.40. The fourth-order valence-corrected chi connectivity index (χ4v) is 2.20. The number of urea groups is 1. The largest absolute Gasteiger partial charge is 0.480 e. The van der Waals surface area contributed by atoms with Gasteiger partial charge in [-0.3, -0.25) is 0 Å². The van der Waals surface area contributed by atoms with Gasteiger partial charge in [0.25, 0.3) is 0 Å². The summed E-state index contributed by atoms with van der Waals surface area (Å²) in [4.78, 5) is 24.4. The van der Waals surface area contributed by atoms with E-state index in [1.165, 1.54) is 6.92 Å². The Labute approximate surface area is 107 Å². The van der Waals surface area contributed by atoms with E-state index in [1.807, 2.05) is 0 Å². The lowest BCUT2D eigenvalue weighted by atomic mass is 9.96. The number of nitrogens with zero attached hydrogens (tertiary/aromatic N) is 1. The Balaban J connectivity index is 2.55. The number of aliphatic hydroxyl groups is 1. The molecule has 6 nitrogen and oxygen atoms in total. The zero-order valence-electron chi connectivity index (χ0n) is 10.9. The molecule has 1 heterocycles. The first kappa shape index (κ1) is 14.8. The van der Waals surface area contributed by atoms with Crippen LogP contribution in [-0.2, 0) is 4.79 Å². The molecule has 6 heteroatoms. The third-order valence-corrected chi connectivity index (χ3v) is 3.41. The van der Waals surface area contributed by atoms with Gasteiger partial charge in [0.05, 0.1) is 6.10 Å². The van der Waals surface area contributed by atoms with Gasteiger partial charge in [0, 0.05) is 13.1 Å². The van der Waals surface area contributed by atoms with E-state index in [1.54, 1.807) is 4.90 Å². The van der Waals surface area contributed by atoms with Crippen LogP contribution in [0.15, 0.2) is 0 Å². The summed E-state index contributed by atoms with van der Waals surface area (Å²) in [5, 5.41) is 20.6. The zero-order valence-corrected chi connectivity index (χ0v) is 10.9. The van der Waals surface area contributed by atoms with Crippen LogP contribution in [0.5, 0.6) is 0 Å². The fraction of sp³-hybridized carbons (Fsp3) is 0.833. The number of nitrogens with one attached hydrogen (secondary N) is 1. The summed E-state index contributed by atoms with van der Waals surface area (Å²) in [5.74, 6) is -0.735. The molecule has 1 aliphatic heterocycles. The first-order valence-electron chi connectivity index (χ1n) is 6.42. The van der Waals surface area contributed by atoms with Gasteiger partial charge in [-0.2, -0.15) is 0 Å². The third kappa shape index (κ3) is 3.87. The van der Waals surface area contributed by atoms with Gasteiger partial charge in [0.15, 0.2) is 6.04 Å². The van der Waals surface area contributed by atoms with Crippen LogP contribution < -0.4 is 5.32 Å². The molecule has 1 unspecified atom stereocenters. The van der Waals surface area contributed by atoms with E-state index < -0.39 is 24.1 Å². The lowest BCUT2D eigenvalue weighted by Gasteiger charge is -2.33. The monoisotopic (exact) mass is 258 g/mol. The second-order valence-corrected chi connectivity index (χ2v) is 4.87. The molecule has 1 rings (SSSR count). The van der Waals surface area contributed by atoms with Crippen molar-refractivity contribution < 1.29 is 19.8 Å². The number of carbonyl (C=O) groups excluding carboxylic acids is 1. The highest BCUT2D eigenvalue weighted by molar-refractivity contribution is 5.83.